The van der Waals surface area contributed by atoms with Crippen LogP contribution in [-0.4, -0.2) is 40.7 Å². The van der Waals surface area contributed by atoms with Crippen LogP contribution in [-0.2, 0) is 16.0 Å². The second kappa shape index (κ2) is 9.81. The summed E-state index contributed by atoms with van der Waals surface area (Å²) in [6.45, 7) is 2.86. The first-order valence-corrected chi connectivity index (χ1v) is 13.8. The Morgan fingerprint density at radius 3 is 2.30 bits per heavy atom. The van der Waals surface area contributed by atoms with Crippen LogP contribution in [0.4, 0.5) is 5.69 Å². The minimum absolute atomic E-state index is 0.0346. The highest BCUT2D eigenvalue weighted by atomic mass is 32.2. The molecule has 1 saturated heterocycles. The molecular weight excluding hydrogens is 430 g/mol. The van der Waals surface area contributed by atoms with E-state index in [9.17, 15) is 9.59 Å². The molecule has 0 aromatic heterocycles. The van der Waals surface area contributed by atoms with Gasteiger partial charge in [0.25, 0.3) is 0 Å². The zero-order valence-corrected chi connectivity index (χ0v) is 20.8. The fourth-order valence-corrected chi connectivity index (χ4v) is 8.20. The lowest BCUT2D eigenvalue weighted by Crippen LogP contribution is -2.47. The first kappa shape index (κ1) is 22.9. The fraction of sp³-hybridized carbons (Fsp3) is 0.667. The maximum Gasteiger partial charge on any atom is 0.233 e. The number of benzene rings is 1. The molecule has 0 spiro atoms. The first-order chi connectivity index (χ1) is 16.0. The van der Waals surface area contributed by atoms with Crippen molar-refractivity contribution in [2.24, 2.45) is 34.6 Å². The average Bonchev–Trinajstić information content (AvgIpc) is 3.08. The number of aliphatic imine (C=N–C) groups is 1. The summed E-state index contributed by atoms with van der Waals surface area (Å²) in [5.41, 5.74) is 2.11. The normalized spacial score (nSPS) is 34.5. The van der Waals surface area contributed by atoms with Crippen LogP contribution in [0.5, 0.6) is 0 Å². The summed E-state index contributed by atoms with van der Waals surface area (Å²) in [7, 11) is 1.63. The standard InChI is InChI=1S/C27H37N3O2S/c1-3-17-6-8-22(9-7-17)29-27-30(25(31)16-24(33-27)26(32)28-2)11-10-23-20-12-18-4-5-19(14-20)15-21(23)13-18/h6-9,18-21,23-24H,3-5,10-16H2,1-2H3,(H,28,32)/b29-27+. The van der Waals surface area contributed by atoms with Gasteiger partial charge in [0.1, 0.15) is 0 Å². The van der Waals surface area contributed by atoms with Crippen molar-refractivity contribution in [1.82, 2.24) is 10.2 Å². The van der Waals surface area contributed by atoms with Crippen molar-refractivity contribution >= 4 is 34.4 Å². The molecule has 1 aliphatic heterocycles. The van der Waals surface area contributed by atoms with Gasteiger partial charge in [-0.15, -0.1) is 0 Å². The van der Waals surface area contributed by atoms with Crippen LogP contribution in [0.3, 0.4) is 0 Å². The van der Waals surface area contributed by atoms with Crippen LogP contribution in [0.25, 0.3) is 0 Å². The van der Waals surface area contributed by atoms with E-state index >= 15 is 0 Å². The van der Waals surface area contributed by atoms with E-state index in [-0.39, 0.29) is 18.2 Å². The van der Waals surface area contributed by atoms with Crippen molar-refractivity contribution in [3.63, 3.8) is 0 Å². The molecule has 4 bridgehead atoms. The van der Waals surface area contributed by atoms with Gasteiger partial charge in [-0.2, -0.15) is 0 Å². The Bertz CT molecular complexity index is 882. The van der Waals surface area contributed by atoms with Gasteiger partial charge in [0.05, 0.1) is 10.9 Å². The lowest BCUT2D eigenvalue weighted by molar-refractivity contribution is -0.130. The van der Waals surface area contributed by atoms with Crippen molar-refractivity contribution in [3.05, 3.63) is 29.8 Å². The van der Waals surface area contributed by atoms with E-state index in [1.165, 1.54) is 55.9 Å². The zero-order chi connectivity index (χ0) is 22.9. The van der Waals surface area contributed by atoms with Gasteiger partial charge in [0.15, 0.2) is 5.17 Å². The number of thioether (sulfide) groups is 1. The Balaban J connectivity index is 1.34. The topological polar surface area (TPSA) is 61.8 Å². The minimum atomic E-state index is -0.405. The predicted molar refractivity (Wildman–Crippen MR) is 134 cm³/mol. The van der Waals surface area contributed by atoms with Crippen molar-refractivity contribution in [2.75, 3.05) is 13.6 Å². The molecule has 1 unspecified atom stereocenters. The summed E-state index contributed by atoms with van der Waals surface area (Å²) in [5, 5.41) is 2.99. The van der Waals surface area contributed by atoms with E-state index in [4.69, 9.17) is 4.99 Å². The summed E-state index contributed by atoms with van der Waals surface area (Å²) in [6.07, 6.45) is 10.8. The predicted octanol–water partition coefficient (Wildman–Crippen LogP) is 5.17. The molecule has 1 atom stereocenters. The Labute approximate surface area is 202 Å². The quantitative estimate of drug-likeness (QED) is 0.628. The maximum absolute atomic E-state index is 13.2. The van der Waals surface area contributed by atoms with Crippen LogP contribution in [0.2, 0.25) is 0 Å². The van der Waals surface area contributed by atoms with Crippen molar-refractivity contribution in [1.29, 1.82) is 0 Å². The molecule has 5 fully saturated rings. The second-order valence-corrected chi connectivity index (χ2v) is 11.8. The average molecular weight is 468 g/mol. The van der Waals surface area contributed by atoms with Gasteiger partial charge in [-0.25, -0.2) is 4.99 Å². The third-order valence-corrected chi connectivity index (χ3v) is 9.86. The van der Waals surface area contributed by atoms with E-state index in [1.807, 2.05) is 17.0 Å². The summed E-state index contributed by atoms with van der Waals surface area (Å²) in [6, 6.07) is 8.21. The summed E-state index contributed by atoms with van der Waals surface area (Å²) in [5.74, 6) is 4.29. The van der Waals surface area contributed by atoms with Crippen LogP contribution in [0, 0.1) is 29.6 Å². The number of carbonyl (C=O) groups excluding carboxylic acids is 2. The van der Waals surface area contributed by atoms with Gasteiger partial charge >= 0.3 is 0 Å². The monoisotopic (exact) mass is 467 g/mol. The van der Waals surface area contributed by atoms with Gasteiger partial charge in [0.2, 0.25) is 11.8 Å². The SMILES string of the molecule is CCc1ccc(/N=C2/SC(C(=O)NC)CC(=O)N2CCC2C3CC4CCC(C3)CC2C4)cc1. The number of amides is 2. The number of fused-ring (bicyclic) bond motifs is 1. The fourth-order valence-electron chi connectivity index (χ4n) is 7.01. The molecule has 1 aromatic carbocycles. The highest BCUT2D eigenvalue weighted by molar-refractivity contribution is 8.15. The largest absolute Gasteiger partial charge is 0.358 e. The molecule has 4 aliphatic carbocycles. The van der Waals surface area contributed by atoms with Gasteiger partial charge in [0, 0.05) is 20.0 Å². The number of hydrogen-bond donors (Lipinski definition) is 1. The molecule has 178 valence electrons. The molecule has 6 rings (SSSR count). The molecule has 33 heavy (non-hydrogen) atoms. The van der Waals surface area contributed by atoms with Crippen LogP contribution in [0.1, 0.15) is 63.9 Å². The summed E-state index contributed by atoms with van der Waals surface area (Å²) >= 11 is 1.44. The molecule has 5 nitrogen and oxygen atoms in total. The minimum Gasteiger partial charge on any atom is -0.358 e. The van der Waals surface area contributed by atoms with Gasteiger partial charge in [-0.1, -0.05) is 43.7 Å². The summed E-state index contributed by atoms with van der Waals surface area (Å²) < 4.78 is 0. The second-order valence-electron chi connectivity index (χ2n) is 10.6. The molecular formula is C27H37N3O2S. The van der Waals surface area contributed by atoms with E-state index in [1.54, 1.807) is 7.05 Å². The first-order valence-electron chi connectivity index (χ1n) is 12.9. The van der Waals surface area contributed by atoms with Crippen molar-refractivity contribution in [2.45, 2.75) is 70.0 Å². The molecule has 6 heteroatoms. The van der Waals surface area contributed by atoms with Crippen LogP contribution < -0.4 is 5.32 Å². The van der Waals surface area contributed by atoms with E-state index in [0.29, 0.717) is 5.17 Å². The number of rotatable bonds is 6. The Morgan fingerprint density at radius 2 is 1.73 bits per heavy atom. The van der Waals surface area contributed by atoms with E-state index in [2.05, 4.69) is 24.4 Å². The van der Waals surface area contributed by atoms with Crippen LogP contribution >= 0.6 is 11.8 Å². The number of carbonyl (C=O) groups is 2. The van der Waals surface area contributed by atoms with Gasteiger partial charge < -0.3 is 5.32 Å². The van der Waals surface area contributed by atoms with E-state index < -0.39 is 5.25 Å². The summed E-state index contributed by atoms with van der Waals surface area (Å²) in [4.78, 5) is 32.3. The molecule has 1 aromatic rings. The smallest absolute Gasteiger partial charge is 0.233 e. The molecule has 1 N–H and O–H groups in total. The highest BCUT2D eigenvalue weighted by Crippen LogP contribution is 2.55. The highest BCUT2D eigenvalue weighted by Gasteiger charge is 2.46. The molecule has 4 saturated carbocycles. The van der Waals surface area contributed by atoms with Gasteiger partial charge in [-0.05, 0) is 85.8 Å². The number of nitrogens with zero attached hydrogens (tertiary/aromatic N) is 2. The number of nitrogens with one attached hydrogen (secondary N) is 1. The Kier molecular flexibility index (Phi) is 6.82. The molecule has 0 radical (unpaired) electrons. The van der Waals surface area contributed by atoms with Crippen LogP contribution in [0.15, 0.2) is 29.3 Å². The third-order valence-electron chi connectivity index (χ3n) is 8.67. The number of hydrogen-bond acceptors (Lipinski definition) is 4. The van der Waals surface area contributed by atoms with E-state index in [0.717, 1.165) is 54.7 Å². The number of aryl methyl sites for hydroxylation is 1. The molecule has 5 aliphatic rings. The lowest BCUT2D eigenvalue weighted by Gasteiger charge is -2.46. The molecule has 1 heterocycles. The number of amidine groups is 1. The van der Waals surface area contributed by atoms with Crippen molar-refractivity contribution in [3.8, 4) is 0 Å². The Morgan fingerprint density at radius 1 is 1.09 bits per heavy atom. The van der Waals surface area contributed by atoms with Gasteiger partial charge in [-0.3, -0.25) is 14.5 Å². The third kappa shape index (κ3) is 4.87. The zero-order valence-electron chi connectivity index (χ0n) is 20.0. The van der Waals surface area contributed by atoms with Crippen molar-refractivity contribution < 1.29 is 9.59 Å². The Hall–Kier alpha value is -1.82. The maximum atomic E-state index is 13.2. The lowest BCUT2D eigenvalue weighted by atomic mass is 9.60. The molecule has 2 amide bonds.